The van der Waals surface area contributed by atoms with Crippen LogP contribution in [-0.2, 0) is 20.8 Å². The number of carbonyl (C=O) groups excluding carboxylic acids is 3. The van der Waals surface area contributed by atoms with Crippen molar-refractivity contribution in [3.05, 3.63) is 88.4 Å². The van der Waals surface area contributed by atoms with Crippen LogP contribution in [0.5, 0.6) is 0 Å². The Balaban J connectivity index is 2.56. The van der Waals surface area contributed by atoms with Crippen molar-refractivity contribution >= 4 is 73.2 Å². The fraction of sp³-hybridized carbons (Fsp3) is 0.154. The molecule has 13 heteroatoms. The molecule has 3 amide bonds. The zero-order valence-corrected chi connectivity index (χ0v) is 23.7. The summed E-state index contributed by atoms with van der Waals surface area (Å²) in [5.41, 5.74) is 0.555. The van der Waals surface area contributed by atoms with Gasteiger partial charge in [0.05, 0.1) is 23.5 Å². The number of benzene rings is 2. The third-order valence-corrected chi connectivity index (χ3v) is 5.77. The number of nitrogens with one attached hydrogen (secondary N) is 2. The van der Waals surface area contributed by atoms with Gasteiger partial charge in [0.1, 0.15) is 19.8 Å². The number of ether oxygens (including phenoxy) is 3. The second-order valence-electron chi connectivity index (χ2n) is 7.43. The third-order valence-electron chi connectivity index (χ3n) is 4.68. The van der Waals surface area contributed by atoms with E-state index in [-0.39, 0.29) is 43.3 Å². The van der Waals surface area contributed by atoms with Gasteiger partial charge in [-0.2, -0.15) is 0 Å². The lowest BCUT2D eigenvalue weighted by Gasteiger charge is -2.25. The Morgan fingerprint density at radius 3 is 2.05 bits per heavy atom. The topological polar surface area (TPSA) is 144 Å². The fourth-order valence-electron chi connectivity index (χ4n) is 3.07. The van der Waals surface area contributed by atoms with Crippen LogP contribution in [0, 0.1) is 0 Å². The summed E-state index contributed by atoms with van der Waals surface area (Å²) in [5.74, 6) is -1.32. The Bertz CT molecular complexity index is 1280. The first-order valence-corrected chi connectivity index (χ1v) is 12.7. The number of carboxylic acids is 1. The molecule has 0 aliphatic carbocycles. The first kappa shape index (κ1) is 31.1. The summed E-state index contributed by atoms with van der Waals surface area (Å²) in [7, 11) is 0. The summed E-state index contributed by atoms with van der Waals surface area (Å²) in [6, 6.07) is 7.23. The Kier molecular flexibility index (Phi) is 12.2. The van der Waals surface area contributed by atoms with E-state index in [1.54, 1.807) is 12.1 Å². The van der Waals surface area contributed by atoms with E-state index in [4.69, 9.17) is 14.2 Å². The van der Waals surface area contributed by atoms with Crippen molar-refractivity contribution in [3.63, 3.8) is 0 Å². The molecule has 206 valence electrons. The van der Waals surface area contributed by atoms with Crippen LogP contribution >= 0.6 is 31.9 Å². The molecule has 0 saturated heterocycles. The molecule has 2 aromatic carbocycles. The monoisotopic (exact) mass is 665 g/mol. The number of amides is 3. The second-order valence-corrected chi connectivity index (χ2v) is 9.20. The van der Waals surface area contributed by atoms with Gasteiger partial charge in [-0.05, 0) is 51.8 Å². The summed E-state index contributed by atoms with van der Waals surface area (Å²) in [4.78, 5) is 50.5. The standard InChI is InChI=1S/C26H25Br2N3O8/c1-4-9-37-24(34)29-21-14-18(7-8-19(21)23(32)33)31(26(36)39-11-6-3)15-16-12-17(27)13-20(28)22(16)30-25(35)38-10-5-2/h4-8,12-14H,1-3,9-11,15H2,(H,29,34)(H,30,35)(H,32,33). The Morgan fingerprint density at radius 1 is 0.872 bits per heavy atom. The largest absolute Gasteiger partial charge is 0.478 e. The van der Waals surface area contributed by atoms with Crippen LogP contribution in [0.25, 0.3) is 0 Å². The molecule has 2 aromatic rings. The molecule has 0 fully saturated rings. The number of aromatic carboxylic acids is 1. The summed E-state index contributed by atoms with van der Waals surface area (Å²) in [6.45, 7) is 10.1. The number of halogens is 2. The van der Waals surface area contributed by atoms with Gasteiger partial charge < -0.3 is 19.3 Å². The van der Waals surface area contributed by atoms with Gasteiger partial charge in [0, 0.05) is 14.6 Å². The maximum atomic E-state index is 13.1. The van der Waals surface area contributed by atoms with E-state index < -0.39 is 24.2 Å². The first-order valence-electron chi connectivity index (χ1n) is 11.1. The molecule has 0 atom stereocenters. The molecule has 0 radical (unpaired) electrons. The summed E-state index contributed by atoms with van der Waals surface area (Å²) in [6.07, 6.45) is 1.65. The predicted molar refractivity (Wildman–Crippen MR) is 153 cm³/mol. The highest BCUT2D eigenvalue weighted by Crippen LogP contribution is 2.34. The highest BCUT2D eigenvalue weighted by molar-refractivity contribution is 9.11. The van der Waals surface area contributed by atoms with Crippen LogP contribution in [0.2, 0.25) is 0 Å². The van der Waals surface area contributed by atoms with Crippen LogP contribution in [-0.4, -0.2) is 49.2 Å². The normalized spacial score (nSPS) is 10.0. The molecule has 39 heavy (non-hydrogen) atoms. The molecule has 0 unspecified atom stereocenters. The van der Waals surface area contributed by atoms with Crippen LogP contribution in [0.3, 0.4) is 0 Å². The lowest BCUT2D eigenvalue weighted by atomic mass is 10.1. The van der Waals surface area contributed by atoms with Crippen LogP contribution in [0.15, 0.2) is 77.2 Å². The number of carboxylic acid groups (broad SMARTS) is 1. The number of anilines is 3. The van der Waals surface area contributed by atoms with Crippen LogP contribution in [0.4, 0.5) is 31.4 Å². The summed E-state index contributed by atoms with van der Waals surface area (Å²) in [5, 5.41) is 14.6. The number of nitrogens with zero attached hydrogens (tertiary/aromatic N) is 1. The predicted octanol–water partition coefficient (Wildman–Crippen LogP) is 6.71. The average molecular weight is 667 g/mol. The molecule has 0 aliphatic heterocycles. The lowest BCUT2D eigenvalue weighted by molar-refractivity contribution is 0.0698. The minimum atomic E-state index is -1.32. The smallest absolute Gasteiger partial charge is 0.414 e. The van der Waals surface area contributed by atoms with E-state index in [1.807, 2.05) is 0 Å². The minimum Gasteiger partial charge on any atom is -0.478 e. The van der Waals surface area contributed by atoms with Gasteiger partial charge in [0.2, 0.25) is 0 Å². The van der Waals surface area contributed by atoms with Gasteiger partial charge in [-0.15, -0.1) is 0 Å². The van der Waals surface area contributed by atoms with E-state index in [0.717, 1.165) is 0 Å². The molecular formula is C26H25Br2N3O8. The highest BCUT2D eigenvalue weighted by atomic mass is 79.9. The Labute approximate surface area is 241 Å². The molecule has 0 bridgehead atoms. The Hall–Kier alpha value is -4.10. The third kappa shape index (κ3) is 9.30. The van der Waals surface area contributed by atoms with Gasteiger partial charge in [0.25, 0.3) is 0 Å². The van der Waals surface area contributed by atoms with Crippen molar-refractivity contribution < 1.29 is 38.5 Å². The van der Waals surface area contributed by atoms with Crippen molar-refractivity contribution in [3.8, 4) is 0 Å². The van der Waals surface area contributed by atoms with Crippen molar-refractivity contribution in [1.82, 2.24) is 0 Å². The first-order chi connectivity index (χ1) is 18.6. The van der Waals surface area contributed by atoms with Gasteiger partial charge in [0.15, 0.2) is 0 Å². The molecule has 3 N–H and O–H groups in total. The molecular weight excluding hydrogens is 642 g/mol. The van der Waals surface area contributed by atoms with Crippen molar-refractivity contribution in [1.29, 1.82) is 0 Å². The molecule has 11 nitrogen and oxygen atoms in total. The van der Waals surface area contributed by atoms with E-state index in [0.29, 0.717) is 20.2 Å². The van der Waals surface area contributed by atoms with Gasteiger partial charge in [-0.3, -0.25) is 15.5 Å². The van der Waals surface area contributed by atoms with Crippen LogP contribution in [0.1, 0.15) is 15.9 Å². The van der Waals surface area contributed by atoms with E-state index in [9.17, 15) is 24.3 Å². The van der Waals surface area contributed by atoms with Crippen molar-refractivity contribution in [2.75, 3.05) is 35.4 Å². The van der Waals surface area contributed by atoms with E-state index in [2.05, 4.69) is 62.2 Å². The van der Waals surface area contributed by atoms with Gasteiger partial charge in [-0.1, -0.05) is 53.9 Å². The van der Waals surface area contributed by atoms with Crippen molar-refractivity contribution in [2.24, 2.45) is 0 Å². The zero-order chi connectivity index (χ0) is 28.9. The molecule has 0 heterocycles. The number of hydrogen-bond donors (Lipinski definition) is 3. The second kappa shape index (κ2) is 15.3. The molecule has 0 spiro atoms. The zero-order valence-electron chi connectivity index (χ0n) is 20.6. The quantitative estimate of drug-likeness (QED) is 0.168. The maximum Gasteiger partial charge on any atom is 0.414 e. The molecule has 0 aliphatic rings. The maximum absolute atomic E-state index is 13.1. The molecule has 0 saturated carbocycles. The number of rotatable bonds is 12. The highest BCUT2D eigenvalue weighted by Gasteiger charge is 2.24. The Morgan fingerprint density at radius 2 is 1.46 bits per heavy atom. The fourth-order valence-corrected chi connectivity index (χ4v) is 4.49. The number of carbonyl (C=O) groups is 4. The average Bonchev–Trinajstić information content (AvgIpc) is 2.89. The summed E-state index contributed by atoms with van der Waals surface area (Å²) >= 11 is 6.80. The summed E-state index contributed by atoms with van der Waals surface area (Å²) < 4.78 is 16.3. The van der Waals surface area contributed by atoms with E-state index in [1.165, 1.54) is 41.3 Å². The van der Waals surface area contributed by atoms with Crippen LogP contribution < -0.4 is 15.5 Å². The van der Waals surface area contributed by atoms with Gasteiger partial charge in [-0.25, -0.2) is 19.2 Å². The van der Waals surface area contributed by atoms with E-state index >= 15 is 0 Å². The van der Waals surface area contributed by atoms with Crippen molar-refractivity contribution in [2.45, 2.75) is 6.54 Å². The lowest BCUT2D eigenvalue weighted by Crippen LogP contribution is -2.32. The minimum absolute atomic E-state index is 0.0176. The molecule has 2 rings (SSSR count). The van der Waals surface area contributed by atoms with Gasteiger partial charge >= 0.3 is 24.2 Å². The number of hydrogen-bond acceptors (Lipinski definition) is 7. The SMILES string of the molecule is C=CCOC(=O)Nc1cc(N(Cc2cc(Br)cc(Br)c2NC(=O)OCC=C)C(=O)OCC=C)ccc1C(=O)O. The molecule has 0 aromatic heterocycles.